The number of likely N-dealkylation sites (N-methyl/N-ethyl adjacent to an activating group) is 1. The van der Waals surface area contributed by atoms with Crippen molar-refractivity contribution in [3.8, 4) is 0 Å². The van der Waals surface area contributed by atoms with Crippen LogP contribution in [0.15, 0.2) is 42.5 Å². The van der Waals surface area contributed by atoms with Gasteiger partial charge < -0.3 is 4.90 Å². The number of halogens is 3. The van der Waals surface area contributed by atoms with E-state index in [1.54, 1.807) is 0 Å². The van der Waals surface area contributed by atoms with Crippen LogP contribution in [0.3, 0.4) is 0 Å². The van der Waals surface area contributed by atoms with Crippen LogP contribution in [-0.2, 0) is 0 Å². The standard InChI is InChI=1S/C20H18ClF2N/c1-12-6-7-14(9-13(12)2)15-5-4-8-24(3)20(15)16-10-17(21)19(23)11-18(16)22/h4-7,9-11H,8H2,1-3H3. The number of hydrogen-bond donors (Lipinski definition) is 0. The van der Waals surface area contributed by atoms with Crippen molar-refractivity contribution in [2.45, 2.75) is 13.8 Å². The second-order valence-corrected chi connectivity index (χ2v) is 6.50. The van der Waals surface area contributed by atoms with E-state index in [9.17, 15) is 8.78 Å². The van der Waals surface area contributed by atoms with Crippen molar-refractivity contribution in [1.82, 2.24) is 4.90 Å². The lowest BCUT2D eigenvalue weighted by Crippen LogP contribution is -2.21. The molecule has 2 aromatic rings. The average Bonchev–Trinajstić information content (AvgIpc) is 2.54. The molecule has 0 bridgehead atoms. The van der Waals surface area contributed by atoms with Crippen molar-refractivity contribution in [2.75, 3.05) is 13.6 Å². The Balaban J connectivity index is 2.26. The molecule has 0 N–H and O–H groups in total. The molecule has 0 fully saturated rings. The minimum absolute atomic E-state index is 0.0821. The molecule has 0 aromatic heterocycles. The zero-order valence-electron chi connectivity index (χ0n) is 13.8. The predicted octanol–water partition coefficient (Wildman–Crippen LogP) is 5.60. The highest BCUT2D eigenvalue weighted by Gasteiger charge is 2.21. The highest BCUT2D eigenvalue weighted by Crippen LogP contribution is 2.35. The number of rotatable bonds is 2. The van der Waals surface area contributed by atoms with Gasteiger partial charge >= 0.3 is 0 Å². The summed E-state index contributed by atoms with van der Waals surface area (Å²) in [5.41, 5.74) is 5.27. The quantitative estimate of drug-likeness (QED) is 0.640. The molecule has 0 radical (unpaired) electrons. The maximum atomic E-state index is 14.4. The largest absolute Gasteiger partial charge is 0.370 e. The van der Waals surface area contributed by atoms with E-state index >= 15 is 0 Å². The summed E-state index contributed by atoms with van der Waals surface area (Å²) in [6.45, 7) is 4.75. The normalized spacial score (nSPS) is 14.5. The van der Waals surface area contributed by atoms with Gasteiger partial charge in [-0.2, -0.15) is 0 Å². The first kappa shape index (κ1) is 16.7. The first-order valence-electron chi connectivity index (χ1n) is 7.73. The van der Waals surface area contributed by atoms with Gasteiger partial charge in [-0.3, -0.25) is 0 Å². The minimum atomic E-state index is -0.750. The molecular formula is C20H18ClF2N. The lowest BCUT2D eigenvalue weighted by atomic mass is 9.93. The Morgan fingerprint density at radius 3 is 2.46 bits per heavy atom. The summed E-state index contributed by atoms with van der Waals surface area (Å²) in [7, 11) is 1.89. The van der Waals surface area contributed by atoms with E-state index in [1.165, 1.54) is 17.2 Å². The molecular weight excluding hydrogens is 328 g/mol. The van der Waals surface area contributed by atoms with E-state index in [4.69, 9.17) is 11.6 Å². The molecule has 1 aliphatic rings. The van der Waals surface area contributed by atoms with Crippen LogP contribution in [0.1, 0.15) is 22.3 Å². The first-order valence-corrected chi connectivity index (χ1v) is 8.10. The molecule has 0 aliphatic carbocycles. The van der Waals surface area contributed by atoms with Crippen molar-refractivity contribution in [3.05, 3.63) is 81.4 Å². The first-order chi connectivity index (χ1) is 11.4. The number of nitrogens with zero attached hydrogens (tertiary/aromatic N) is 1. The van der Waals surface area contributed by atoms with Gasteiger partial charge in [0.05, 0.1) is 10.7 Å². The lowest BCUT2D eigenvalue weighted by Gasteiger charge is -2.28. The van der Waals surface area contributed by atoms with Gasteiger partial charge in [0.1, 0.15) is 11.6 Å². The van der Waals surface area contributed by atoms with Gasteiger partial charge in [0.2, 0.25) is 0 Å². The Labute approximate surface area is 145 Å². The molecule has 0 amide bonds. The van der Waals surface area contributed by atoms with Gasteiger partial charge in [0.15, 0.2) is 0 Å². The highest BCUT2D eigenvalue weighted by atomic mass is 35.5. The van der Waals surface area contributed by atoms with Crippen molar-refractivity contribution in [2.24, 2.45) is 0 Å². The van der Waals surface area contributed by atoms with E-state index in [0.717, 1.165) is 17.2 Å². The van der Waals surface area contributed by atoms with Crippen molar-refractivity contribution in [1.29, 1.82) is 0 Å². The second kappa shape index (κ2) is 6.40. The van der Waals surface area contributed by atoms with Crippen molar-refractivity contribution < 1.29 is 8.78 Å². The highest BCUT2D eigenvalue weighted by molar-refractivity contribution is 6.31. The molecule has 3 rings (SSSR count). The van der Waals surface area contributed by atoms with E-state index in [2.05, 4.69) is 13.0 Å². The molecule has 0 saturated carbocycles. The summed E-state index contributed by atoms with van der Waals surface area (Å²) in [5.74, 6) is -1.37. The van der Waals surface area contributed by atoms with Gasteiger partial charge in [-0.25, -0.2) is 8.78 Å². The van der Waals surface area contributed by atoms with Crippen LogP contribution in [0, 0.1) is 25.5 Å². The molecule has 0 saturated heterocycles. The van der Waals surface area contributed by atoms with E-state index in [1.807, 2.05) is 43.2 Å². The van der Waals surface area contributed by atoms with Gasteiger partial charge in [-0.05, 0) is 36.6 Å². The van der Waals surface area contributed by atoms with Gasteiger partial charge in [0, 0.05) is 30.8 Å². The fraction of sp³-hybridized carbons (Fsp3) is 0.200. The summed E-state index contributed by atoms with van der Waals surface area (Å²) in [5, 5.41) is -0.0821. The fourth-order valence-corrected chi connectivity index (χ4v) is 3.06. The molecule has 1 heterocycles. The monoisotopic (exact) mass is 345 g/mol. The maximum Gasteiger partial charge on any atom is 0.144 e. The smallest absolute Gasteiger partial charge is 0.144 e. The maximum absolute atomic E-state index is 14.4. The number of aryl methyl sites for hydroxylation is 2. The van der Waals surface area contributed by atoms with Crippen LogP contribution < -0.4 is 0 Å². The van der Waals surface area contributed by atoms with E-state index < -0.39 is 11.6 Å². The SMILES string of the molecule is Cc1ccc(C2=C(c3cc(Cl)c(F)cc3F)N(C)CC=C2)cc1C. The van der Waals surface area contributed by atoms with Crippen LogP contribution in [0.4, 0.5) is 8.78 Å². The number of allylic oxidation sites excluding steroid dienone is 2. The van der Waals surface area contributed by atoms with Gasteiger partial charge in [0.25, 0.3) is 0 Å². The van der Waals surface area contributed by atoms with Crippen molar-refractivity contribution >= 4 is 22.9 Å². The number of hydrogen-bond acceptors (Lipinski definition) is 1. The van der Waals surface area contributed by atoms with Gasteiger partial charge in [-0.1, -0.05) is 42.0 Å². The molecule has 0 unspecified atom stereocenters. The van der Waals surface area contributed by atoms with Crippen LogP contribution in [0.2, 0.25) is 5.02 Å². The third-order valence-corrected chi connectivity index (χ3v) is 4.67. The third kappa shape index (κ3) is 2.96. The van der Waals surface area contributed by atoms with Crippen molar-refractivity contribution in [3.63, 3.8) is 0 Å². The molecule has 4 heteroatoms. The van der Waals surface area contributed by atoms with Crippen LogP contribution in [0.25, 0.3) is 11.3 Å². The molecule has 0 spiro atoms. The molecule has 124 valence electrons. The summed E-state index contributed by atoms with van der Waals surface area (Å²) < 4.78 is 28.0. The zero-order chi connectivity index (χ0) is 17.4. The second-order valence-electron chi connectivity index (χ2n) is 6.09. The minimum Gasteiger partial charge on any atom is -0.370 e. The zero-order valence-corrected chi connectivity index (χ0v) is 14.6. The molecule has 2 aromatic carbocycles. The van der Waals surface area contributed by atoms with Gasteiger partial charge in [-0.15, -0.1) is 0 Å². The third-order valence-electron chi connectivity index (χ3n) is 4.38. The Hall–Kier alpha value is -2.13. The van der Waals surface area contributed by atoms with Crippen LogP contribution >= 0.6 is 11.6 Å². The summed E-state index contributed by atoms with van der Waals surface area (Å²) >= 11 is 5.89. The number of benzene rings is 2. The molecule has 0 atom stereocenters. The average molecular weight is 346 g/mol. The molecule has 1 aliphatic heterocycles. The molecule has 24 heavy (non-hydrogen) atoms. The Morgan fingerprint density at radius 1 is 1.00 bits per heavy atom. The lowest BCUT2D eigenvalue weighted by molar-refractivity contribution is 0.522. The Morgan fingerprint density at radius 2 is 1.75 bits per heavy atom. The fourth-order valence-electron chi connectivity index (χ4n) is 2.90. The topological polar surface area (TPSA) is 3.24 Å². The predicted molar refractivity (Wildman–Crippen MR) is 95.9 cm³/mol. The Kier molecular flexibility index (Phi) is 4.46. The summed E-state index contributed by atoms with van der Waals surface area (Å²) in [6.07, 6.45) is 4.01. The summed E-state index contributed by atoms with van der Waals surface area (Å²) in [4.78, 5) is 1.94. The van der Waals surface area contributed by atoms with Crippen LogP contribution in [0.5, 0.6) is 0 Å². The van der Waals surface area contributed by atoms with E-state index in [0.29, 0.717) is 17.8 Å². The van der Waals surface area contributed by atoms with E-state index in [-0.39, 0.29) is 5.02 Å². The van der Waals surface area contributed by atoms with Crippen LogP contribution in [-0.4, -0.2) is 18.5 Å². The summed E-state index contributed by atoms with van der Waals surface area (Å²) in [6, 6.07) is 8.35. The Bertz CT molecular complexity index is 868. The molecule has 1 nitrogen and oxygen atoms in total.